The molecule has 1 amide bonds. The van der Waals surface area contributed by atoms with Gasteiger partial charge in [0.2, 0.25) is 5.71 Å². The average Bonchev–Trinajstić information content (AvgIpc) is 3.09. The molecule has 0 fully saturated rings. The highest BCUT2D eigenvalue weighted by Gasteiger charge is 2.22. The Labute approximate surface area is 183 Å². The lowest BCUT2D eigenvalue weighted by Crippen LogP contribution is -2.20. The molecule has 0 bridgehead atoms. The minimum Gasteiger partial charge on any atom is -0.442 e. The van der Waals surface area contributed by atoms with Crippen molar-refractivity contribution in [2.24, 2.45) is 7.05 Å². The second-order valence-corrected chi connectivity index (χ2v) is 9.01. The van der Waals surface area contributed by atoms with Gasteiger partial charge in [-0.25, -0.2) is 13.4 Å². The fraction of sp³-hybridized carbons (Fsp3) is 0.136. The van der Waals surface area contributed by atoms with E-state index >= 15 is 0 Å². The second-order valence-electron chi connectivity index (χ2n) is 7.32. The summed E-state index contributed by atoms with van der Waals surface area (Å²) in [5, 5.41) is 2.80. The maximum atomic E-state index is 12.8. The molecule has 0 saturated carbocycles. The third kappa shape index (κ3) is 4.00. The highest BCUT2D eigenvalue weighted by Crippen LogP contribution is 2.23. The molecule has 32 heavy (non-hydrogen) atoms. The van der Waals surface area contributed by atoms with E-state index in [4.69, 9.17) is 4.42 Å². The van der Waals surface area contributed by atoms with Gasteiger partial charge >= 0.3 is 0 Å². The Morgan fingerprint density at radius 3 is 2.28 bits per heavy atom. The van der Waals surface area contributed by atoms with Crippen LogP contribution in [0.1, 0.15) is 21.7 Å². The summed E-state index contributed by atoms with van der Waals surface area (Å²) in [5.41, 5.74) is 1.53. The highest BCUT2D eigenvalue weighted by molar-refractivity contribution is 7.92. The van der Waals surface area contributed by atoms with E-state index in [1.54, 1.807) is 31.2 Å². The number of anilines is 2. The fourth-order valence-corrected chi connectivity index (χ4v) is 4.27. The molecule has 0 aliphatic rings. The second kappa shape index (κ2) is 7.97. The average molecular weight is 452 g/mol. The molecular weight excluding hydrogens is 432 g/mol. The maximum absolute atomic E-state index is 12.8. The molecule has 4 rings (SSSR count). The van der Waals surface area contributed by atoms with Gasteiger partial charge in [0.15, 0.2) is 0 Å². The summed E-state index contributed by atoms with van der Waals surface area (Å²) >= 11 is 0. The first-order valence-electron chi connectivity index (χ1n) is 9.61. The number of nitrogens with one attached hydrogen (secondary N) is 2. The molecule has 164 valence electrons. The smallest absolute Gasteiger partial charge is 0.265 e. The van der Waals surface area contributed by atoms with E-state index < -0.39 is 21.5 Å². The number of hydrogen-bond donors (Lipinski definition) is 2. The molecule has 0 unspecified atom stereocenters. The van der Waals surface area contributed by atoms with Crippen molar-refractivity contribution in [2.75, 3.05) is 10.0 Å². The Morgan fingerprint density at radius 2 is 1.62 bits per heavy atom. The van der Waals surface area contributed by atoms with Crippen LogP contribution >= 0.6 is 0 Å². The number of rotatable bonds is 5. The van der Waals surface area contributed by atoms with Crippen LogP contribution in [-0.2, 0) is 17.1 Å². The Morgan fingerprint density at radius 1 is 1.00 bits per heavy atom. The standard InChI is InChI=1S/C22H20N4O5S/c1-13-4-10-17(11-5-13)32(29,30)25-16-8-6-15(7-9-16)24-20(27)18-14(2)31-21-19(18)22(28)26(3)12-23-21/h4-12,25H,1-3H3,(H,24,27). The van der Waals surface area contributed by atoms with Crippen molar-refractivity contribution in [3.05, 3.63) is 82.1 Å². The van der Waals surface area contributed by atoms with Gasteiger partial charge < -0.3 is 14.3 Å². The Hall–Kier alpha value is -3.92. The number of furan rings is 1. The molecule has 0 spiro atoms. The van der Waals surface area contributed by atoms with Crippen LogP contribution in [-0.4, -0.2) is 23.9 Å². The van der Waals surface area contributed by atoms with E-state index in [0.29, 0.717) is 11.4 Å². The SMILES string of the molecule is Cc1ccc(S(=O)(=O)Nc2ccc(NC(=O)c3c(C)oc4ncn(C)c(=O)c34)cc2)cc1. The van der Waals surface area contributed by atoms with Crippen molar-refractivity contribution in [3.63, 3.8) is 0 Å². The van der Waals surface area contributed by atoms with Gasteiger partial charge in [-0.05, 0) is 50.2 Å². The number of amides is 1. The van der Waals surface area contributed by atoms with E-state index in [0.717, 1.165) is 5.56 Å². The van der Waals surface area contributed by atoms with Gasteiger partial charge in [0.1, 0.15) is 17.5 Å². The van der Waals surface area contributed by atoms with Crippen molar-refractivity contribution in [1.29, 1.82) is 0 Å². The molecule has 0 aliphatic heterocycles. The predicted octanol–water partition coefficient (Wildman–Crippen LogP) is 3.20. The first-order chi connectivity index (χ1) is 15.2. The monoisotopic (exact) mass is 452 g/mol. The van der Waals surface area contributed by atoms with Gasteiger partial charge in [-0.15, -0.1) is 0 Å². The first-order valence-corrected chi connectivity index (χ1v) is 11.1. The number of sulfonamides is 1. The van der Waals surface area contributed by atoms with Crippen LogP contribution in [0.4, 0.5) is 11.4 Å². The zero-order chi connectivity index (χ0) is 23.0. The molecule has 2 heterocycles. The van der Waals surface area contributed by atoms with Crippen LogP contribution in [0.2, 0.25) is 0 Å². The molecule has 2 N–H and O–H groups in total. The topological polar surface area (TPSA) is 123 Å². The molecule has 4 aromatic rings. The number of carbonyl (C=O) groups excluding carboxylic acids is 1. The predicted molar refractivity (Wildman–Crippen MR) is 120 cm³/mol. The fourth-order valence-electron chi connectivity index (χ4n) is 3.21. The molecular formula is C22H20N4O5S. The normalized spacial score (nSPS) is 11.5. The Bertz CT molecular complexity index is 1480. The third-order valence-electron chi connectivity index (χ3n) is 4.90. The van der Waals surface area contributed by atoms with Crippen LogP contribution in [0.25, 0.3) is 11.1 Å². The summed E-state index contributed by atoms with van der Waals surface area (Å²) in [6.07, 6.45) is 1.33. The summed E-state index contributed by atoms with van der Waals surface area (Å²) in [6, 6.07) is 12.7. The summed E-state index contributed by atoms with van der Waals surface area (Å²) in [6.45, 7) is 3.46. The maximum Gasteiger partial charge on any atom is 0.265 e. The van der Waals surface area contributed by atoms with Crippen LogP contribution in [0.5, 0.6) is 0 Å². The lowest BCUT2D eigenvalue weighted by molar-refractivity contribution is 0.102. The third-order valence-corrected chi connectivity index (χ3v) is 6.30. The molecule has 0 radical (unpaired) electrons. The van der Waals surface area contributed by atoms with Crippen molar-refractivity contribution >= 4 is 38.4 Å². The molecule has 9 nitrogen and oxygen atoms in total. The van der Waals surface area contributed by atoms with Gasteiger partial charge in [0.25, 0.3) is 21.5 Å². The van der Waals surface area contributed by atoms with Crippen molar-refractivity contribution < 1.29 is 17.6 Å². The van der Waals surface area contributed by atoms with Gasteiger partial charge in [0, 0.05) is 18.4 Å². The van der Waals surface area contributed by atoms with Crippen LogP contribution < -0.4 is 15.6 Å². The van der Waals surface area contributed by atoms with Gasteiger partial charge in [-0.3, -0.25) is 14.3 Å². The molecule has 0 aliphatic carbocycles. The summed E-state index contributed by atoms with van der Waals surface area (Å²) in [7, 11) is -2.20. The molecule has 2 aromatic heterocycles. The summed E-state index contributed by atoms with van der Waals surface area (Å²) in [4.78, 5) is 29.5. The number of hydrogen-bond acceptors (Lipinski definition) is 6. The minimum atomic E-state index is -3.73. The number of aryl methyl sites for hydroxylation is 3. The highest BCUT2D eigenvalue weighted by atomic mass is 32.2. The van der Waals surface area contributed by atoms with E-state index in [9.17, 15) is 18.0 Å². The number of carbonyl (C=O) groups is 1. The van der Waals surface area contributed by atoms with E-state index in [2.05, 4.69) is 15.0 Å². The van der Waals surface area contributed by atoms with Crippen molar-refractivity contribution in [2.45, 2.75) is 18.7 Å². The quantitative estimate of drug-likeness (QED) is 0.479. The molecule has 2 aromatic carbocycles. The largest absolute Gasteiger partial charge is 0.442 e. The van der Waals surface area contributed by atoms with Crippen LogP contribution in [0.3, 0.4) is 0 Å². The molecule has 10 heteroatoms. The van der Waals surface area contributed by atoms with Crippen LogP contribution in [0, 0.1) is 13.8 Å². The lowest BCUT2D eigenvalue weighted by Gasteiger charge is -2.10. The molecule has 0 saturated heterocycles. The zero-order valence-electron chi connectivity index (χ0n) is 17.5. The zero-order valence-corrected chi connectivity index (χ0v) is 18.4. The van der Waals surface area contributed by atoms with E-state index in [-0.39, 0.29) is 27.3 Å². The van der Waals surface area contributed by atoms with Gasteiger partial charge in [0.05, 0.1) is 10.5 Å². The number of fused-ring (bicyclic) bond motifs is 1. The number of nitrogens with zero attached hydrogens (tertiary/aromatic N) is 2. The Kier molecular flexibility index (Phi) is 5.31. The van der Waals surface area contributed by atoms with Crippen molar-refractivity contribution in [1.82, 2.24) is 9.55 Å². The van der Waals surface area contributed by atoms with Crippen LogP contribution in [0.15, 0.2) is 69.0 Å². The Balaban J connectivity index is 1.55. The van der Waals surface area contributed by atoms with Crippen molar-refractivity contribution in [3.8, 4) is 0 Å². The van der Waals surface area contributed by atoms with E-state index in [1.807, 2.05) is 6.92 Å². The summed E-state index contributed by atoms with van der Waals surface area (Å²) < 4.78 is 34.3. The first kappa shape index (κ1) is 21.3. The van der Waals surface area contributed by atoms with Gasteiger partial charge in [-0.1, -0.05) is 17.7 Å². The number of benzene rings is 2. The molecule has 0 atom stereocenters. The van der Waals surface area contributed by atoms with E-state index in [1.165, 1.54) is 42.2 Å². The minimum absolute atomic E-state index is 0.0941. The lowest BCUT2D eigenvalue weighted by atomic mass is 10.1. The number of aromatic nitrogens is 2. The van der Waals surface area contributed by atoms with Gasteiger partial charge in [-0.2, -0.15) is 0 Å². The summed E-state index contributed by atoms with van der Waals surface area (Å²) in [5.74, 6) is -0.255.